The normalized spacial score (nSPS) is 13.1. The van der Waals surface area contributed by atoms with E-state index < -0.39 is 15.6 Å². The van der Waals surface area contributed by atoms with Gasteiger partial charge in [0.15, 0.2) is 0 Å². The van der Waals surface area contributed by atoms with E-state index in [4.69, 9.17) is 11.6 Å². The average Bonchev–Trinajstić information content (AvgIpc) is 2.19. The maximum atomic E-state index is 12.3. The number of likely N-dealkylation sites (N-methyl/N-ethyl adjacent to an activating group) is 1. The van der Waals surface area contributed by atoms with Gasteiger partial charge in [-0.15, -0.1) is 0 Å². The number of sulfonamides is 1. The lowest BCUT2D eigenvalue weighted by molar-refractivity contribution is 0.0640. The summed E-state index contributed by atoms with van der Waals surface area (Å²) in [7, 11) is -2.20. The van der Waals surface area contributed by atoms with E-state index in [2.05, 4.69) is 0 Å². The Morgan fingerprint density at radius 1 is 1.39 bits per heavy atom. The second-order valence-corrected chi connectivity index (χ2v) is 7.43. The van der Waals surface area contributed by atoms with E-state index in [1.807, 2.05) is 0 Å². The van der Waals surface area contributed by atoms with Crippen LogP contribution in [0.25, 0.3) is 0 Å². The highest BCUT2D eigenvalue weighted by Gasteiger charge is 2.27. The number of nitrogens with zero attached hydrogens (tertiary/aromatic N) is 1. The molecule has 0 amide bonds. The first-order valence-corrected chi connectivity index (χ1v) is 7.31. The van der Waals surface area contributed by atoms with Crippen LogP contribution >= 0.6 is 11.6 Å². The first-order valence-electron chi connectivity index (χ1n) is 5.49. The molecule has 1 aromatic carbocycles. The van der Waals surface area contributed by atoms with Crippen LogP contribution in [0.15, 0.2) is 23.1 Å². The summed E-state index contributed by atoms with van der Waals surface area (Å²) in [5.74, 6) is 0. The first-order chi connectivity index (χ1) is 8.04. The van der Waals surface area contributed by atoms with E-state index in [-0.39, 0.29) is 11.4 Å². The van der Waals surface area contributed by atoms with E-state index >= 15 is 0 Å². The third-order valence-electron chi connectivity index (χ3n) is 2.45. The highest BCUT2D eigenvalue weighted by molar-refractivity contribution is 7.89. The fraction of sp³-hybridized carbons (Fsp3) is 0.500. The van der Waals surface area contributed by atoms with E-state index in [1.54, 1.807) is 32.9 Å². The lowest BCUT2D eigenvalue weighted by Crippen LogP contribution is -2.39. The smallest absolute Gasteiger partial charge is 0.243 e. The number of aryl methyl sites for hydroxylation is 1. The molecule has 0 aromatic heterocycles. The van der Waals surface area contributed by atoms with Crippen molar-refractivity contribution in [1.82, 2.24) is 4.31 Å². The molecule has 1 aromatic rings. The van der Waals surface area contributed by atoms with Crippen molar-refractivity contribution in [2.75, 3.05) is 13.6 Å². The van der Waals surface area contributed by atoms with Crippen LogP contribution in [0, 0.1) is 6.92 Å². The third-order valence-corrected chi connectivity index (χ3v) is 4.63. The van der Waals surface area contributed by atoms with Crippen molar-refractivity contribution >= 4 is 21.6 Å². The highest BCUT2D eigenvalue weighted by atomic mass is 35.5. The molecule has 0 atom stereocenters. The van der Waals surface area contributed by atoms with Gasteiger partial charge in [-0.2, -0.15) is 4.31 Å². The second-order valence-electron chi connectivity index (χ2n) is 4.98. The van der Waals surface area contributed by atoms with Gasteiger partial charge >= 0.3 is 0 Å². The van der Waals surface area contributed by atoms with Gasteiger partial charge < -0.3 is 5.11 Å². The van der Waals surface area contributed by atoms with Crippen LogP contribution in [-0.4, -0.2) is 37.0 Å². The van der Waals surface area contributed by atoms with E-state index in [1.165, 1.54) is 13.1 Å². The van der Waals surface area contributed by atoms with Crippen molar-refractivity contribution in [2.45, 2.75) is 31.3 Å². The van der Waals surface area contributed by atoms with Gasteiger partial charge in [-0.25, -0.2) is 8.42 Å². The van der Waals surface area contributed by atoms with Crippen LogP contribution in [-0.2, 0) is 10.0 Å². The van der Waals surface area contributed by atoms with Crippen LogP contribution < -0.4 is 0 Å². The topological polar surface area (TPSA) is 57.6 Å². The maximum absolute atomic E-state index is 12.3. The molecule has 0 heterocycles. The summed E-state index contributed by atoms with van der Waals surface area (Å²) in [6, 6.07) is 4.73. The molecule has 0 aliphatic heterocycles. The van der Waals surface area contributed by atoms with Crippen molar-refractivity contribution in [3.05, 3.63) is 28.8 Å². The summed E-state index contributed by atoms with van der Waals surface area (Å²) in [5, 5.41) is 10.1. The molecule has 4 nitrogen and oxygen atoms in total. The van der Waals surface area contributed by atoms with Gasteiger partial charge in [-0.05, 0) is 38.5 Å². The number of hydrogen-bond donors (Lipinski definition) is 1. The minimum atomic E-state index is -3.64. The Bertz CT molecular complexity index is 535. The fourth-order valence-electron chi connectivity index (χ4n) is 1.65. The Morgan fingerprint density at radius 3 is 2.44 bits per heavy atom. The quantitative estimate of drug-likeness (QED) is 0.923. The zero-order valence-corrected chi connectivity index (χ0v) is 12.5. The monoisotopic (exact) mass is 291 g/mol. The Morgan fingerprint density at radius 2 is 1.94 bits per heavy atom. The Hall–Kier alpha value is -0.620. The molecule has 1 rings (SSSR count). The van der Waals surface area contributed by atoms with Crippen molar-refractivity contribution in [1.29, 1.82) is 0 Å². The maximum Gasteiger partial charge on any atom is 0.243 e. The highest BCUT2D eigenvalue weighted by Crippen LogP contribution is 2.23. The molecule has 18 heavy (non-hydrogen) atoms. The summed E-state index contributed by atoms with van der Waals surface area (Å²) in [5.41, 5.74) is -0.462. The van der Waals surface area contributed by atoms with E-state index in [0.717, 1.165) is 4.31 Å². The molecular weight excluding hydrogens is 274 g/mol. The molecular formula is C12H18ClNO3S. The first kappa shape index (κ1) is 15.4. The number of hydrogen-bond acceptors (Lipinski definition) is 3. The van der Waals surface area contributed by atoms with Crippen LogP contribution in [0.1, 0.15) is 19.4 Å². The van der Waals surface area contributed by atoms with Gasteiger partial charge in [0.25, 0.3) is 0 Å². The molecule has 102 valence electrons. The number of rotatable bonds is 4. The fourth-order valence-corrected chi connectivity index (χ4v) is 3.46. The zero-order chi connectivity index (χ0) is 14.1. The third kappa shape index (κ3) is 3.68. The van der Waals surface area contributed by atoms with Crippen LogP contribution in [0.3, 0.4) is 0 Å². The van der Waals surface area contributed by atoms with Gasteiger partial charge in [0.1, 0.15) is 0 Å². The number of halogens is 1. The summed E-state index contributed by atoms with van der Waals surface area (Å²) in [6.07, 6.45) is 0. The van der Waals surface area contributed by atoms with Crippen molar-refractivity contribution in [3.63, 3.8) is 0 Å². The van der Waals surface area contributed by atoms with Crippen LogP contribution in [0.5, 0.6) is 0 Å². The molecule has 6 heteroatoms. The summed E-state index contributed by atoms with van der Waals surface area (Å²) >= 11 is 5.83. The Balaban J connectivity index is 3.17. The minimum absolute atomic E-state index is 0.0152. The minimum Gasteiger partial charge on any atom is -0.389 e. The van der Waals surface area contributed by atoms with Gasteiger partial charge in [-0.1, -0.05) is 17.7 Å². The number of benzene rings is 1. The summed E-state index contributed by atoms with van der Waals surface area (Å²) in [4.78, 5) is 0.168. The Labute approximate surface area is 113 Å². The molecule has 0 unspecified atom stereocenters. The van der Waals surface area contributed by atoms with Gasteiger partial charge in [0.05, 0.1) is 10.5 Å². The second kappa shape index (κ2) is 5.17. The predicted molar refractivity (Wildman–Crippen MR) is 72.3 cm³/mol. The molecule has 0 bridgehead atoms. The van der Waals surface area contributed by atoms with Crippen molar-refractivity contribution in [2.24, 2.45) is 0 Å². The lowest BCUT2D eigenvalue weighted by Gasteiger charge is -2.25. The molecule has 0 aliphatic rings. The lowest BCUT2D eigenvalue weighted by atomic mass is 10.1. The largest absolute Gasteiger partial charge is 0.389 e. The number of aliphatic hydroxyl groups is 1. The molecule has 0 saturated heterocycles. The molecule has 1 N–H and O–H groups in total. The van der Waals surface area contributed by atoms with Crippen molar-refractivity contribution < 1.29 is 13.5 Å². The Kier molecular flexibility index (Phi) is 4.43. The van der Waals surface area contributed by atoms with Crippen LogP contribution in [0.4, 0.5) is 0 Å². The zero-order valence-electron chi connectivity index (χ0n) is 10.9. The molecule has 0 spiro atoms. The summed E-state index contributed by atoms with van der Waals surface area (Å²) < 4.78 is 25.8. The molecule has 0 radical (unpaired) electrons. The van der Waals surface area contributed by atoms with Crippen molar-refractivity contribution in [3.8, 4) is 0 Å². The average molecular weight is 292 g/mol. The van der Waals surface area contributed by atoms with Crippen LogP contribution in [0.2, 0.25) is 5.02 Å². The predicted octanol–water partition coefficient (Wildman–Crippen LogP) is 2.04. The van der Waals surface area contributed by atoms with Gasteiger partial charge in [-0.3, -0.25) is 0 Å². The van der Waals surface area contributed by atoms with Gasteiger partial charge in [0.2, 0.25) is 10.0 Å². The standard InChI is InChI=1S/C12H18ClNO3S/c1-9-5-6-10(13)7-11(9)18(16,17)14(4)8-12(2,3)15/h5-7,15H,8H2,1-4H3. The van der Waals surface area contributed by atoms with Gasteiger partial charge in [0, 0.05) is 18.6 Å². The summed E-state index contributed by atoms with van der Waals surface area (Å²) in [6.45, 7) is 4.84. The van der Waals surface area contributed by atoms with E-state index in [0.29, 0.717) is 10.6 Å². The van der Waals surface area contributed by atoms with E-state index in [9.17, 15) is 13.5 Å². The molecule has 0 fully saturated rings. The SMILES string of the molecule is Cc1ccc(Cl)cc1S(=O)(=O)N(C)CC(C)(C)O. The molecule has 0 saturated carbocycles. The molecule has 0 aliphatic carbocycles.